The summed E-state index contributed by atoms with van der Waals surface area (Å²) in [6.07, 6.45) is -0.892. The highest BCUT2D eigenvalue weighted by molar-refractivity contribution is 5.88. The highest BCUT2D eigenvalue weighted by Gasteiger charge is 2.23. The van der Waals surface area contributed by atoms with E-state index in [4.69, 9.17) is 14.3 Å². The van der Waals surface area contributed by atoms with E-state index in [0.29, 0.717) is 6.42 Å². The molecule has 0 aromatic heterocycles. The lowest BCUT2D eigenvalue weighted by Gasteiger charge is -2.23. The summed E-state index contributed by atoms with van der Waals surface area (Å²) in [6.45, 7) is 13.8. The lowest BCUT2D eigenvalue weighted by Crippen LogP contribution is -2.46. The van der Waals surface area contributed by atoms with E-state index in [-0.39, 0.29) is 11.7 Å². The van der Waals surface area contributed by atoms with Gasteiger partial charge >= 0.3 is 12.2 Å². The molecule has 1 aromatic carbocycles. The Kier molecular flexibility index (Phi) is 13.0. The third kappa shape index (κ3) is 15.4. The molecule has 198 valence electrons. The van der Waals surface area contributed by atoms with Crippen LogP contribution in [-0.4, -0.2) is 66.4 Å². The zero-order chi connectivity index (χ0) is 27.4. The second kappa shape index (κ2) is 14.3. The molecule has 0 heterocycles. The van der Waals surface area contributed by atoms with Crippen LogP contribution in [0.15, 0.2) is 30.3 Å². The zero-order valence-corrected chi connectivity index (χ0v) is 22.6. The molecule has 0 saturated heterocycles. The number of ketones is 1. The molecule has 10 nitrogen and oxygen atoms in total. The lowest BCUT2D eigenvalue weighted by molar-refractivity contribution is -0.170. The van der Waals surface area contributed by atoms with Crippen LogP contribution in [0.4, 0.5) is 9.59 Å². The topological polar surface area (TPSA) is 123 Å². The molecule has 1 rings (SSSR count). The van der Waals surface area contributed by atoms with E-state index in [9.17, 15) is 19.2 Å². The molecule has 0 aliphatic heterocycles. The van der Waals surface area contributed by atoms with Gasteiger partial charge in [-0.2, -0.15) is 0 Å². The Balaban J connectivity index is 0.000000672. The van der Waals surface area contributed by atoms with Gasteiger partial charge < -0.3 is 20.1 Å². The van der Waals surface area contributed by atoms with Gasteiger partial charge in [-0.15, -0.1) is 0 Å². The maximum absolute atomic E-state index is 11.9. The molecule has 3 amide bonds. The Morgan fingerprint density at radius 3 is 1.66 bits per heavy atom. The van der Waals surface area contributed by atoms with Crippen LogP contribution in [0, 0.1) is 0 Å². The largest absolute Gasteiger partial charge is 0.444 e. The maximum atomic E-state index is 11.9. The summed E-state index contributed by atoms with van der Waals surface area (Å²) in [5.74, 6) is -0.398. The van der Waals surface area contributed by atoms with Crippen LogP contribution in [0.1, 0.15) is 61.0 Å². The first-order chi connectivity index (χ1) is 15.9. The van der Waals surface area contributed by atoms with Crippen molar-refractivity contribution in [2.24, 2.45) is 0 Å². The average molecular weight is 496 g/mol. The van der Waals surface area contributed by atoms with Gasteiger partial charge in [-0.05, 0) is 61.0 Å². The fourth-order valence-electron chi connectivity index (χ4n) is 2.42. The first-order valence-corrected chi connectivity index (χ1v) is 11.3. The lowest BCUT2D eigenvalue weighted by atomic mass is 10.1. The minimum Gasteiger partial charge on any atom is -0.444 e. The van der Waals surface area contributed by atoms with E-state index in [1.807, 2.05) is 30.3 Å². The van der Waals surface area contributed by atoms with E-state index < -0.39 is 35.5 Å². The van der Waals surface area contributed by atoms with Crippen molar-refractivity contribution in [2.75, 3.05) is 14.2 Å². The molecule has 0 aliphatic carbocycles. The molecule has 0 fully saturated rings. The Morgan fingerprint density at radius 1 is 0.829 bits per heavy atom. The number of hydrogen-bond donors (Lipinski definition) is 2. The van der Waals surface area contributed by atoms with Crippen molar-refractivity contribution in [3.05, 3.63) is 35.9 Å². The minimum atomic E-state index is -0.695. The molecule has 1 aromatic rings. The van der Waals surface area contributed by atoms with Gasteiger partial charge in [0.25, 0.3) is 5.91 Å². The Hall–Kier alpha value is -3.14. The van der Waals surface area contributed by atoms with E-state index in [1.54, 1.807) is 55.4 Å². The summed E-state index contributed by atoms with van der Waals surface area (Å²) in [5.41, 5.74) is -0.211. The monoisotopic (exact) mass is 495 g/mol. The normalized spacial score (nSPS) is 12.7. The number of likely N-dealkylation sites (N-methyl/N-ethyl adjacent to an activating group) is 1. The summed E-state index contributed by atoms with van der Waals surface area (Å²) in [4.78, 5) is 51.0. The van der Waals surface area contributed by atoms with Crippen molar-refractivity contribution in [3.8, 4) is 0 Å². The third-order valence-electron chi connectivity index (χ3n) is 4.13. The number of carbonyl (C=O) groups excluding carboxylic acids is 4. The molecule has 0 spiro atoms. The highest BCUT2D eigenvalue weighted by Crippen LogP contribution is 2.08. The number of ether oxygens (including phenoxy) is 2. The minimum absolute atomic E-state index is 0.0444. The van der Waals surface area contributed by atoms with Crippen molar-refractivity contribution in [1.82, 2.24) is 15.7 Å². The van der Waals surface area contributed by atoms with Gasteiger partial charge in [-0.25, -0.2) is 14.7 Å². The number of nitrogens with one attached hydrogen (secondary N) is 2. The SMILES string of the molecule is CON(C)C(=O)[C@@H](C)NC(=O)OC(C)(C)C.C[C@@H](NC(=O)OC(C)(C)C)C(=O)Cc1ccccc1. The van der Waals surface area contributed by atoms with Gasteiger partial charge in [0.2, 0.25) is 0 Å². The van der Waals surface area contributed by atoms with Gasteiger partial charge in [-0.3, -0.25) is 14.4 Å². The zero-order valence-electron chi connectivity index (χ0n) is 22.6. The molecule has 0 bridgehead atoms. The predicted octanol–water partition coefficient (Wildman–Crippen LogP) is 3.63. The summed E-state index contributed by atoms with van der Waals surface area (Å²) >= 11 is 0. The Bertz CT molecular complexity index is 830. The van der Waals surface area contributed by atoms with Crippen LogP contribution in [-0.2, 0) is 30.3 Å². The fraction of sp³-hybridized carbons (Fsp3) is 0.600. The first-order valence-electron chi connectivity index (χ1n) is 11.3. The maximum Gasteiger partial charge on any atom is 0.408 e. The van der Waals surface area contributed by atoms with E-state index in [1.165, 1.54) is 14.2 Å². The van der Waals surface area contributed by atoms with Gasteiger partial charge in [0.05, 0.1) is 13.2 Å². The van der Waals surface area contributed by atoms with Gasteiger partial charge in [0, 0.05) is 13.5 Å². The number of hydrogen-bond acceptors (Lipinski definition) is 7. The number of nitrogens with zero attached hydrogens (tertiary/aromatic N) is 1. The van der Waals surface area contributed by atoms with Gasteiger partial charge in [0.1, 0.15) is 17.2 Å². The van der Waals surface area contributed by atoms with Crippen molar-refractivity contribution >= 4 is 23.9 Å². The van der Waals surface area contributed by atoms with Gasteiger partial charge in [-0.1, -0.05) is 30.3 Å². The number of rotatable bonds is 7. The van der Waals surface area contributed by atoms with Crippen molar-refractivity contribution in [1.29, 1.82) is 0 Å². The van der Waals surface area contributed by atoms with Crippen LogP contribution in [0.5, 0.6) is 0 Å². The van der Waals surface area contributed by atoms with Crippen LogP contribution < -0.4 is 10.6 Å². The van der Waals surface area contributed by atoms with Crippen LogP contribution in [0.2, 0.25) is 0 Å². The summed E-state index contributed by atoms with van der Waals surface area (Å²) in [5, 5.41) is 6.01. The molecule has 2 atom stereocenters. The molecule has 35 heavy (non-hydrogen) atoms. The smallest absolute Gasteiger partial charge is 0.408 e. The number of alkyl carbamates (subject to hydrolysis) is 2. The number of Topliss-reactive ketones (excluding diaryl/α,β-unsaturated/α-hetero) is 1. The second-order valence-electron chi connectivity index (χ2n) is 9.88. The molecule has 10 heteroatoms. The number of hydroxylamine groups is 2. The number of carbonyl (C=O) groups is 4. The molecule has 0 radical (unpaired) electrons. The standard InChI is InChI=1S/C15H21NO3.C10H20N2O4/c1-11(16-14(18)19-15(2,3)4)13(17)10-12-8-6-5-7-9-12;1-7(8(13)12(5)15-6)11-9(14)16-10(2,3)4/h5-9,11H,10H2,1-4H3,(H,16,18);7H,1-6H3,(H,11,14)/t11-;7-/m11/s1. The van der Waals surface area contributed by atoms with Gasteiger partial charge in [0.15, 0.2) is 5.78 Å². The second-order valence-corrected chi connectivity index (χ2v) is 9.88. The van der Waals surface area contributed by atoms with Crippen LogP contribution >= 0.6 is 0 Å². The van der Waals surface area contributed by atoms with Crippen molar-refractivity contribution in [3.63, 3.8) is 0 Å². The molecule has 0 unspecified atom stereocenters. The molecule has 0 saturated carbocycles. The predicted molar refractivity (Wildman–Crippen MR) is 133 cm³/mol. The number of amides is 3. The quantitative estimate of drug-likeness (QED) is 0.554. The van der Waals surface area contributed by atoms with E-state index in [0.717, 1.165) is 10.6 Å². The van der Waals surface area contributed by atoms with Crippen LogP contribution in [0.25, 0.3) is 0 Å². The Morgan fingerprint density at radius 2 is 1.26 bits per heavy atom. The van der Waals surface area contributed by atoms with Crippen molar-refractivity contribution < 1.29 is 33.5 Å². The summed E-state index contributed by atoms with van der Waals surface area (Å²) in [7, 11) is 2.84. The molecular weight excluding hydrogens is 454 g/mol. The Labute approximate surface area is 208 Å². The fourth-order valence-corrected chi connectivity index (χ4v) is 2.42. The molecule has 2 N–H and O–H groups in total. The first kappa shape index (κ1) is 31.9. The number of benzene rings is 1. The van der Waals surface area contributed by atoms with E-state index in [2.05, 4.69) is 10.6 Å². The summed E-state index contributed by atoms with van der Waals surface area (Å²) in [6, 6.07) is 8.19. The summed E-state index contributed by atoms with van der Waals surface area (Å²) < 4.78 is 10.1. The molecular formula is C25H41N3O7. The van der Waals surface area contributed by atoms with E-state index >= 15 is 0 Å². The average Bonchev–Trinajstić information content (AvgIpc) is 2.70. The third-order valence-corrected chi connectivity index (χ3v) is 4.13. The van der Waals surface area contributed by atoms with Crippen LogP contribution in [0.3, 0.4) is 0 Å². The molecule has 0 aliphatic rings. The van der Waals surface area contributed by atoms with Crippen molar-refractivity contribution in [2.45, 2.75) is 85.1 Å². The highest BCUT2D eigenvalue weighted by atomic mass is 16.7.